The van der Waals surface area contributed by atoms with Gasteiger partial charge in [-0.05, 0) is 44.9 Å². The van der Waals surface area contributed by atoms with Gasteiger partial charge in [0.15, 0.2) is 5.60 Å². The molecule has 22 heavy (non-hydrogen) atoms. The van der Waals surface area contributed by atoms with Crippen LogP contribution in [-0.4, -0.2) is 41.7 Å². The van der Waals surface area contributed by atoms with Gasteiger partial charge in [-0.15, -0.1) is 0 Å². The molecule has 0 aromatic heterocycles. The monoisotopic (exact) mass is 319 g/mol. The molecule has 0 bridgehead atoms. The van der Waals surface area contributed by atoms with E-state index in [0.717, 1.165) is 13.0 Å². The van der Waals surface area contributed by atoms with Crippen molar-refractivity contribution in [2.45, 2.75) is 81.3 Å². The van der Waals surface area contributed by atoms with Crippen molar-refractivity contribution in [1.82, 2.24) is 5.32 Å². The molecule has 4 aliphatic rings. The first-order valence-electron chi connectivity index (χ1n) is 8.53. The Morgan fingerprint density at radius 3 is 2.27 bits per heavy atom. The van der Waals surface area contributed by atoms with Crippen molar-refractivity contribution < 1.29 is 23.0 Å². The van der Waals surface area contributed by atoms with E-state index in [1.54, 1.807) is 0 Å². The van der Waals surface area contributed by atoms with E-state index in [4.69, 9.17) is 4.74 Å². The minimum Gasteiger partial charge on any atom is -0.380 e. The van der Waals surface area contributed by atoms with Crippen LogP contribution in [0.4, 0.5) is 13.2 Å². The molecule has 3 saturated carbocycles. The van der Waals surface area contributed by atoms with Gasteiger partial charge in [0.25, 0.3) is 0 Å². The predicted molar refractivity (Wildman–Crippen MR) is 74.3 cm³/mol. The summed E-state index contributed by atoms with van der Waals surface area (Å²) in [5, 5.41) is 13.4. The smallest absolute Gasteiger partial charge is 0.380 e. The molecular formula is C16H24F3NO2. The third kappa shape index (κ3) is 1.99. The zero-order valence-electron chi connectivity index (χ0n) is 12.7. The molecule has 126 valence electrons. The summed E-state index contributed by atoms with van der Waals surface area (Å²) in [5.41, 5.74) is -2.21. The van der Waals surface area contributed by atoms with Crippen molar-refractivity contribution in [3.05, 3.63) is 0 Å². The second kappa shape index (κ2) is 4.84. The van der Waals surface area contributed by atoms with Crippen molar-refractivity contribution >= 4 is 0 Å². The van der Waals surface area contributed by atoms with Crippen LogP contribution in [-0.2, 0) is 4.74 Å². The largest absolute Gasteiger partial charge is 0.417 e. The molecule has 2 N–H and O–H groups in total. The molecule has 1 heterocycles. The van der Waals surface area contributed by atoms with Crippen LogP contribution < -0.4 is 5.32 Å². The lowest BCUT2D eigenvalue weighted by atomic mass is 9.46. The molecular weight excluding hydrogens is 295 g/mol. The average molecular weight is 319 g/mol. The molecule has 3 aliphatic carbocycles. The second-order valence-electron chi connectivity index (χ2n) is 7.78. The third-order valence-electron chi connectivity index (χ3n) is 6.79. The minimum absolute atomic E-state index is 0.103. The summed E-state index contributed by atoms with van der Waals surface area (Å²) in [5.74, 6) is 0.545. The number of nitrogens with one attached hydrogen (secondary N) is 1. The van der Waals surface area contributed by atoms with Gasteiger partial charge in [0.2, 0.25) is 0 Å². The van der Waals surface area contributed by atoms with Crippen LogP contribution >= 0.6 is 0 Å². The summed E-state index contributed by atoms with van der Waals surface area (Å²) in [6, 6.07) is 0.516. The minimum atomic E-state index is -4.51. The Bertz CT molecular complexity index is 441. The number of fused-ring (bicyclic) bond motifs is 2. The maximum atomic E-state index is 12.9. The number of alkyl halides is 3. The first-order valence-corrected chi connectivity index (χ1v) is 8.53. The summed E-state index contributed by atoms with van der Waals surface area (Å²) in [7, 11) is 0. The molecule has 1 spiro atoms. The maximum absolute atomic E-state index is 12.9. The predicted octanol–water partition coefficient (Wildman–Crippen LogP) is 2.77. The fourth-order valence-electron chi connectivity index (χ4n) is 5.29. The highest BCUT2D eigenvalue weighted by atomic mass is 19.4. The first kappa shape index (κ1) is 15.2. The lowest BCUT2D eigenvalue weighted by Crippen LogP contribution is -2.72. The Morgan fingerprint density at radius 2 is 1.73 bits per heavy atom. The highest BCUT2D eigenvalue weighted by Crippen LogP contribution is 2.63. The van der Waals surface area contributed by atoms with E-state index < -0.39 is 11.8 Å². The lowest BCUT2D eigenvalue weighted by Gasteiger charge is -2.64. The molecule has 3 atom stereocenters. The Hall–Kier alpha value is -0.330. The Morgan fingerprint density at radius 1 is 1.05 bits per heavy atom. The number of hydrogen-bond donors (Lipinski definition) is 2. The third-order valence-corrected chi connectivity index (χ3v) is 6.79. The zero-order valence-corrected chi connectivity index (χ0v) is 12.7. The van der Waals surface area contributed by atoms with E-state index in [0.29, 0.717) is 30.9 Å². The quantitative estimate of drug-likeness (QED) is 0.822. The molecule has 0 aromatic carbocycles. The van der Waals surface area contributed by atoms with Crippen molar-refractivity contribution in [3.63, 3.8) is 0 Å². The standard InChI is InChI=1S/C16H24F3NO2/c17-16(18,19)15(21)7-2-10(3-8-15)20-12-11-4-9-22-13(11)14(12)5-1-6-14/h10-13,20-21H,1-9H2/t10?,11-,12-,13-,15?/m1/s1. The van der Waals surface area contributed by atoms with Crippen LogP contribution in [0.5, 0.6) is 0 Å². The highest BCUT2D eigenvalue weighted by Gasteiger charge is 2.66. The van der Waals surface area contributed by atoms with Gasteiger partial charge in [-0.3, -0.25) is 0 Å². The second-order valence-corrected chi connectivity index (χ2v) is 7.78. The van der Waals surface area contributed by atoms with E-state index in [-0.39, 0.29) is 24.3 Å². The summed E-state index contributed by atoms with van der Waals surface area (Å²) in [4.78, 5) is 0. The van der Waals surface area contributed by atoms with E-state index in [9.17, 15) is 18.3 Å². The van der Waals surface area contributed by atoms with Gasteiger partial charge in [-0.25, -0.2) is 0 Å². The zero-order chi connectivity index (χ0) is 15.6. The van der Waals surface area contributed by atoms with Crippen LogP contribution in [0.3, 0.4) is 0 Å². The Balaban J connectivity index is 1.37. The molecule has 0 unspecified atom stereocenters. The van der Waals surface area contributed by atoms with E-state index in [1.165, 1.54) is 19.3 Å². The van der Waals surface area contributed by atoms with Gasteiger partial charge in [-0.1, -0.05) is 6.42 Å². The number of ether oxygens (including phenoxy) is 1. The molecule has 3 nitrogen and oxygen atoms in total. The van der Waals surface area contributed by atoms with Gasteiger partial charge < -0.3 is 15.2 Å². The fourth-order valence-corrected chi connectivity index (χ4v) is 5.29. The van der Waals surface area contributed by atoms with Crippen molar-refractivity contribution in [2.24, 2.45) is 11.3 Å². The number of rotatable bonds is 2. The lowest BCUT2D eigenvalue weighted by molar-refractivity contribution is -0.271. The van der Waals surface area contributed by atoms with Crippen molar-refractivity contribution in [1.29, 1.82) is 0 Å². The van der Waals surface area contributed by atoms with Gasteiger partial charge in [0.1, 0.15) is 0 Å². The number of aliphatic hydroxyl groups is 1. The molecule has 1 saturated heterocycles. The first-order chi connectivity index (χ1) is 10.4. The van der Waals surface area contributed by atoms with Gasteiger partial charge in [0, 0.05) is 30.0 Å². The van der Waals surface area contributed by atoms with Crippen molar-refractivity contribution in [2.75, 3.05) is 6.61 Å². The van der Waals surface area contributed by atoms with Gasteiger partial charge >= 0.3 is 6.18 Å². The average Bonchev–Trinajstić information content (AvgIpc) is 2.80. The maximum Gasteiger partial charge on any atom is 0.417 e. The van der Waals surface area contributed by atoms with Crippen LogP contribution in [0.1, 0.15) is 51.4 Å². The van der Waals surface area contributed by atoms with E-state index >= 15 is 0 Å². The molecule has 1 aliphatic heterocycles. The molecule has 4 rings (SSSR count). The van der Waals surface area contributed by atoms with E-state index in [1.807, 2.05) is 0 Å². The Kier molecular flexibility index (Phi) is 3.34. The molecule has 0 aromatic rings. The molecule has 0 radical (unpaired) electrons. The van der Waals surface area contributed by atoms with Crippen molar-refractivity contribution in [3.8, 4) is 0 Å². The number of hydrogen-bond acceptors (Lipinski definition) is 3. The van der Waals surface area contributed by atoms with Crippen LogP contribution in [0.2, 0.25) is 0 Å². The summed E-state index contributed by atoms with van der Waals surface area (Å²) >= 11 is 0. The molecule has 0 amide bonds. The van der Waals surface area contributed by atoms with Crippen LogP contribution in [0.15, 0.2) is 0 Å². The molecule has 4 fully saturated rings. The molecule has 6 heteroatoms. The van der Waals surface area contributed by atoms with Gasteiger partial charge in [0.05, 0.1) is 6.10 Å². The topological polar surface area (TPSA) is 41.5 Å². The summed E-state index contributed by atoms with van der Waals surface area (Å²) in [6.07, 6.45) is 1.00. The fraction of sp³-hybridized carbons (Fsp3) is 1.00. The SMILES string of the molecule is OC1(C(F)(F)F)CCC(N[C@@H]2[C@H]3CCO[C@H]3C23CCC3)CC1. The van der Waals surface area contributed by atoms with E-state index in [2.05, 4.69) is 5.32 Å². The normalized spacial score (nSPS) is 46.9. The van der Waals surface area contributed by atoms with Crippen LogP contribution in [0, 0.1) is 11.3 Å². The summed E-state index contributed by atoms with van der Waals surface area (Å²) < 4.78 is 44.5. The van der Waals surface area contributed by atoms with Crippen LogP contribution in [0.25, 0.3) is 0 Å². The number of halogens is 3. The van der Waals surface area contributed by atoms with Gasteiger partial charge in [-0.2, -0.15) is 13.2 Å². The Labute approximate surface area is 128 Å². The highest BCUT2D eigenvalue weighted by molar-refractivity contribution is 5.19. The summed E-state index contributed by atoms with van der Waals surface area (Å²) in [6.45, 7) is 0.827.